The summed E-state index contributed by atoms with van der Waals surface area (Å²) in [6.07, 6.45) is 2.93. The molecular weight excluding hydrogens is 138 g/mol. The molecule has 0 spiro atoms. The van der Waals surface area contributed by atoms with Gasteiger partial charge in [0.15, 0.2) is 0 Å². The highest BCUT2D eigenvalue weighted by Gasteiger charge is 2.32. The quantitative estimate of drug-likeness (QED) is 0.656. The van der Waals surface area contributed by atoms with E-state index in [9.17, 15) is 4.79 Å². The fraction of sp³-hybridized carbons (Fsp3) is 0.889. The molecule has 1 amide bonds. The van der Waals surface area contributed by atoms with E-state index >= 15 is 0 Å². The van der Waals surface area contributed by atoms with Gasteiger partial charge in [-0.25, -0.2) is 0 Å². The van der Waals surface area contributed by atoms with Gasteiger partial charge < -0.3 is 5.32 Å². The van der Waals surface area contributed by atoms with Crippen molar-refractivity contribution in [2.45, 2.75) is 33.1 Å². The van der Waals surface area contributed by atoms with Crippen LogP contribution in [0.15, 0.2) is 0 Å². The Balaban J connectivity index is 1.98. The van der Waals surface area contributed by atoms with Crippen molar-refractivity contribution < 1.29 is 4.79 Å². The summed E-state index contributed by atoms with van der Waals surface area (Å²) in [5.41, 5.74) is 0. The van der Waals surface area contributed by atoms with Crippen molar-refractivity contribution in [3.05, 3.63) is 0 Å². The maximum atomic E-state index is 11.0. The van der Waals surface area contributed by atoms with Crippen molar-refractivity contribution in [1.29, 1.82) is 0 Å². The zero-order chi connectivity index (χ0) is 8.27. The maximum absolute atomic E-state index is 11.0. The highest BCUT2D eigenvalue weighted by Crippen LogP contribution is 2.36. The van der Waals surface area contributed by atoms with Crippen molar-refractivity contribution in [3.63, 3.8) is 0 Å². The van der Waals surface area contributed by atoms with Crippen LogP contribution in [0.4, 0.5) is 0 Å². The second-order valence-electron chi connectivity index (χ2n) is 3.53. The first-order valence-corrected chi connectivity index (χ1v) is 4.50. The van der Waals surface area contributed by atoms with Crippen LogP contribution in [0, 0.1) is 11.8 Å². The molecule has 0 aliphatic heterocycles. The van der Waals surface area contributed by atoms with Gasteiger partial charge in [-0.2, -0.15) is 0 Å². The molecule has 1 saturated carbocycles. The van der Waals surface area contributed by atoms with Crippen molar-refractivity contribution in [3.8, 4) is 0 Å². The predicted octanol–water partition coefficient (Wildman–Crippen LogP) is 1.56. The lowest BCUT2D eigenvalue weighted by molar-refractivity contribution is -0.121. The van der Waals surface area contributed by atoms with Crippen LogP contribution in [-0.2, 0) is 4.79 Å². The van der Waals surface area contributed by atoms with Crippen molar-refractivity contribution >= 4 is 5.91 Å². The SMILES string of the molecule is CCCC(=O)NCC1CC1C. The van der Waals surface area contributed by atoms with Gasteiger partial charge in [-0.1, -0.05) is 13.8 Å². The number of carbonyl (C=O) groups is 1. The third-order valence-electron chi connectivity index (χ3n) is 2.31. The Bertz CT molecular complexity index is 144. The van der Waals surface area contributed by atoms with Gasteiger partial charge in [-0.05, 0) is 24.7 Å². The summed E-state index contributed by atoms with van der Waals surface area (Å²) in [6, 6.07) is 0. The van der Waals surface area contributed by atoms with Crippen LogP contribution in [-0.4, -0.2) is 12.5 Å². The summed E-state index contributed by atoms with van der Waals surface area (Å²) in [4.78, 5) is 11.0. The minimum absolute atomic E-state index is 0.214. The van der Waals surface area contributed by atoms with E-state index in [1.165, 1.54) is 6.42 Å². The van der Waals surface area contributed by atoms with Crippen LogP contribution in [0.3, 0.4) is 0 Å². The Morgan fingerprint density at radius 1 is 1.64 bits per heavy atom. The first kappa shape index (κ1) is 8.57. The lowest BCUT2D eigenvalue weighted by atomic mass is 10.3. The van der Waals surface area contributed by atoms with Crippen LogP contribution in [0.1, 0.15) is 33.1 Å². The second-order valence-corrected chi connectivity index (χ2v) is 3.53. The monoisotopic (exact) mass is 155 g/mol. The summed E-state index contributed by atoms with van der Waals surface area (Å²) in [5, 5.41) is 2.94. The van der Waals surface area contributed by atoms with E-state index in [0.29, 0.717) is 6.42 Å². The van der Waals surface area contributed by atoms with E-state index in [1.54, 1.807) is 0 Å². The van der Waals surface area contributed by atoms with Gasteiger partial charge in [0.1, 0.15) is 0 Å². The molecule has 0 aromatic rings. The Hall–Kier alpha value is -0.530. The molecule has 0 aromatic carbocycles. The van der Waals surface area contributed by atoms with Gasteiger partial charge in [-0.15, -0.1) is 0 Å². The Morgan fingerprint density at radius 3 is 2.73 bits per heavy atom. The first-order chi connectivity index (χ1) is 5.24. The van der Waals surface area contributed by atoms with E-state index in [0.717, 1.165) is 24.8 Å². The fourth-order valence-electron chi connectivity index (χ4n) is 1.24. The molecule has 1 aliphatic carbocycles. The van der Waals surface area contributed by atoms with Gasteiger partial charge in [0, 0.05) is 13.0 Å². The standard InChI is InChI=1S/C9H17NO/c1-3-4-9(11)10-6-8-5-7(8)2/h7-8H,3-6H2,1-2H3,(H,10,11). The molecule has 0 bridgehead atoms. The van der Waals surface area contributed by atoms with E-state index in [-0.39, 0.29) is 5.91 Å². The molecular formula is C9H17NO. The zero-order valence-corrected chi connectivity index (χ0v) is 7.39. The number of carbonyl (C=O) groups excluding carboxylic acids is 1. The number of rotatable bonds is 4. The molecule has 1 N–H and O–H groups in total. The molecule has 11 heavy (non-hydrogen) atoms. The average molecular weight is 155 g/mol. The molecule has 2 unspecified atom stereocenters. The summed E-state index contributed by atoms with van der Waals surface area (Å²) in [5.74, 6) is 1.83. The molecule has 0 radical (unpaired) electrons. The molecule has 0 aromatic heterocycles. The maximum Gasteiger partial charge on any atom is 0.219 e. The largest absolute Gasteiger partial charge is 0.356 e. The summed E-state index contributed by atoms with van der Waals surface area (Å²) in [7, 11) is 0. The van der Waals surface area contributed by atoms with E-state index in [1.807, 2.05) is 6.92 Å². The zero-order valence-electron chi connectivity index (χ0n) is 7.39. The van der Waals surface area contributed by atoms with Crippen molar-refractivity contribution in [2.24, 2.45) is 11.8 Å². The Kier molecular flexibility index (Phi) is 2.92. The van der Waals surface area contributed by atoms with E-state index in [4.69, 9.17) is 0 Å². The fourth-order valence-corrected chi connectivity index (χ4v) is 1.24. The minimum atomic E-state index is 0.214. The van der Waals surface area contributed by atoms with Gasteiger partial charge >= 0.3 is 0 Å². The number of hydrogen-bond donors (Lipinski definition) is 1. The molecule has 0 heterocycles. The lowest BCUT2D eigenvalue weighted by Gasteiger charge is -2.01. The van der Waals surface area contributed by atoms with Crippen molar-refractivity contribution in [2.75, 3.05) is 6.54 Å². The summed E-state index contributed by atoms with van der Waals surface area (Å²) in [6.45, 7) is 5.16. The average Bonchev–Trinajstić information content (AvgIpc) is 2.63. The normalized spacial score (nSPS) is 28.2. The third kappa shape index (κ3) is 2.91. The van der Waals surface area contributed by atoms with Crippen LogP contribution in [0.25, 0.3) is 0 Å². The van der Waals surface area contributed by atoms with E-state index in [2.05, 4.69) is 12.2 Å². The number of hydrogen-bond acceptors (Lipinski definition) is 1. The Labute approximate surface area is 68.4 Å². The highest BCUT2D eigenvalue weighted by molar-refractivity contribution is 5.75. The number of nitrogens with one attached hydrogen (secondary N) is 1. The minimum Gasteiger partial charge on any atom is -0.356 e. The van der Waals surface area contributed by atoms with Gasteiger partial charge in [0.05, 0.1) is 0 Å². The highest BCUT2D eigenvalue weighted by atomic mass is 16.1. The molecule has 1 aliphatic rings. The van der Waals surface area contributed by atoms with Gasteiger partial charge in [0.2, 0.25) is 5.91 Å². The van der Waals surface area contributed by atoms with E-state index < -0.39 is 0 Å². The van der Waals surface area contributed by atoms with Gasteiger partial charge in [0.25, 0.3) is 0 Å². The molecule has 2 heteroatoms. The predicted molar refractivity (Wildman–Crippen MR) is 45.2 cm³/mol. The summed E-state index contributed by atoms with van der Waals surface area (Å²) >= 11 is 0. The lowest BCUT2D eigenvalue weighted by Crippen LogP contribution is -2.25. The third-order valence-corrected chi connectivity index (χ3v) is 2.31. The van der Waals surface area contributed by atoms with Crippen LogP contribution >= 0.6 is 0 Å². The van der Waals surface area contributed by atoms with Crippen LogP contribution in [0.2, 0.25) is 0 Å². The Morgan fingerprint density at radius 2 is 2.27 bits per heavy atom. The second kappa shape index (κ2) is 3.74. The molecule has 64 valence electrons. The topological polar surface area (TPSA) is 29.1 Å². The smallest absolute Gasteiger partial charge is 0.219 e. The number of amides is 1. The molecule has 2 atom stereocenters. The molecule has 1 fully saturated rings. The first-order valence-electron chi connectivity index (χ1n) is 4.50. The van der Waals surface area contributed by atoms with Crippen molar-refractivity contribution in [1.82, 2.24) is 5.32 Å². The van der Waals surface area contributed by atoms with Crippen LogP contribution < -0.4 is 5.32 Å². The molecule has 2 nitrogen and oxygen atoms in total. The molecule has 0 saturated heterocycles. The molecule has 1 rings (SSSR count). The van der Waals surface area contributed by atoms with Gasteiger partial charge in [-0.3, -0.25) is 4.79 Å². The van der Waals surface area contributed by atoms with Crippen LogP contribution in [0.5, 0.6) is 0 Å². The summed E-state index contributed by atoms with van der Waals surface area (Å²) < 4.78 is 0.